The van der Waals surface area contributed by atoms with Crippen molar-refractivity contribution < 1.29 is 9.90 Å². The second-order valence-corrected chi connectivity index (χ2v) is 4.06. The van der Waals surface area contributed by atoms with E-state index in [9.17, 15) is 9.59 Å². The standard InChI is InChI=1S/C10H8N2O3S/c13-8(14)5-16-9-6-3-1-2-4-7(6)11-10(15)12-9/h1-4H,5H2,(H,13,14)(H,11,12,15). The van der Waals surface area contributed by atoms with E-state index in [1.54, 1.807) is 18.2 Å². The van der Waals surface area contributed by atoms with Crippen molar-refractivity contribution in [2.45, 2.75) is 5.03 Å². The quantitative estimate of drug-likeness (QED) is 0.616. The van der Waals surface area contributed by atoms with Gasteiger partial charge in [0.1, 0.15) is 0 Å². The van der Waals surface area contributed by atoms with Gasteiger partial charge in [-0.05, 0) is 6.07 Å². The lowest BCUT2D eigenvalue weighted by Crippen LogP contribution is -2.11. The number of hydrogen-bond acceptors (Lipinski definition) is 4. The Labute approximate surface area is 94.5 Å². The first-order valence-corrected chi connectivity index (χ1v) is 5.49. The van der Waals surface area contributed by atoms with Gasteiger partial charge in [0.15, 0.2) is 0 Å². The Morgan fingerprint density at radius 3 is 2.94 bits per heavy atom. The summed E-state index contributed by atoms with van der Waals surface area (Å²) in [5.74, 6) is -1.02. The molecule has 0 aliphatic carbocycles. The molecule has 0 aliphatic heterocycles. The summed E-state index contributed by atoms with van der Waals surface area (Å²) in [6.45, 7) is 0. The fourth-order valence-corrected chi connectivity index (χ4v) is 2.07. The first-order chi connectivity index (χ1) is 7.66. The third-order valence-electron chi connectivity index (χ3n) is 1.93. The van der Waals surface area contributed by atoms with Crippen molar-refractivity contribution in [3.05, 3.63) is 34.7 Å². The number of nitrogens with one attached hydrogen (secondary N) is 1. The summed E-state index contributed by atoms with van der Waals surface area (Å²) in [6, 6.07) is 7.10. The van der Waals surface area contributed by atoms with Gasteiger partial charge in [-0.25, -0.2) is 4.79 Å². The highest BCUT2D eigenvalue weighted by atomic mass is 32.2. The minimum absolute atomic E-state index is 0.0933. The first-order valence-electron chi connectivity index (χ1n) is 4.50. The molecule has 1 heterocycles. The number of nitrogens with zero attached hydrogens (tertiary/aromatic N) is 1. The zero-order valence-corrected chi connectivity index (χ0v) is 8.95. The van der Waals surface area contributed by atoms with Gasteiger partial charge in [0.05, 0.1) is 16.3 Å². The SMILES string of the molecule is O=C(O)CSc1[nH]c(=O)nc2ccccc12. The zero-order chi connectivity index (χ0) is 11.5. The molecule has 0 spiro atoms. The molecule has 0 bridgehead atoms. The molecule has 1 aromatic carbocycles. The third-order valence-corrected chi connectivity index (χ3v) is 2.93. The van der Waals surface area contributed by atoms with Crippen molar-refractivity contribution in [3.63, 3.8) is 0 Å². The van der Waals surface area contributed by atoms with E-state index in [2.05, 4.69) is 9.97 Å². The highest BCUT2D eigenvalue weighted by Gasteiger charge is 2.06. The molecule has 0 amide bonds. The van der Waals surface area contributed by atoms with Gasteiger partial charge in [0, 0.05) is 5.39 Å². The molecule has 0 saturated heterocycles. The fourth-order valence-electron chi connectivity index (χ4n) is 1.31. The molecule has 6 heteroatoms. The summed E-state index contributed by atoms with van der Waals surface area (Å²) in [5.41, 5.74) is 0.103. The number of aliphatic carboxylic acids is 1. The van der Waals surface area contributed by atoms with E-state index in [0.29, 0.717) is 10.5 Å². The van der Waals surface area contributed by atoms with Crippen LogP contribution in [0.15, 0.2) is 34.1 Å². The summed E-state index contributed by atoms with van der Waals surface area (Å²) in [4.78, 5) is 28.0. The van der Waals surface area contributed by atoms with Crippen LogP contribution in [-0.2, 0) is 4.79 Å². The van der Waals surface area contributed by atoms with Crippen molar-refractivity contribution in [1.29, 1.82) is 0 Å². The zero-order valence-electron chi connectivity index (χ0n) is 8.14. The molecular weight excluding hydrogens is 228 g/mol. The van der Waals surface area contributed by atoms with Crippen molar-refractivity contribution in [1.82, 2.24) is 9.97 Å². The van der Waals surface area contributed by atoms with Crippen LogP contribution in [0, 0.1) is 0 Å². The molecule has 0 aliphatic rings. The third kappa shape index (κ3) is 2.22. The molecule has 16 heavy (non-hydrogen) atoms. The Kier molecular flexibility index (Phi) is 2.91. The van der Waals surface area contributed by atoms with E-state index >= 15 is 0 Å². The topological polar surface area (TPSA) is 83.0 Å². The summed E-state index contributed by atoms with van der Waals surface area (Å²) in [6.07, 6.45) is 0. The van der Waals surface area contributed by atoms with Gasteiger partial charge in [-0.2, -0.15) is 4.98 Å². The number of rotatable bonds is 3. The molecule has 0 fully saturated rings. The van der Waals surface area contributed by atoms with Crippen LogP contribution < -0.4 is 5.69 Å². The lowest BCUT2D eigenvalue weighted by Gasteiger charge is -2.02. The lowest BCUT2D eigenvalue weighted by molar-refractivity contribution is -0.133. The molecule has 1 aromatic heterocycles. The van der Waals surface area contributed by atoms with Gasteiger partial charge >= 0.3 is 11.7 Å². The number of benzene rings is 1. The molecule has 2 rings (SSSR count). The van der Waals surface area contributed by atoms with Crippen LogP contribution >= 0.6 is 11.8 Å². The number of H-pyrrole nitrogens is 1. The van der Waals surface area contributed by atoms with Gasteiger partial charge in [-0.3, -0.25) is 9.78 Å². The molecule has 2 N–H and O–H groups in total. The van der Waals surface area contributed by atoms with Crippen LogP contribution in [0.5, 0.6) is 0 Å². The Hall–Kier alpha value is -1.82. The van der Waals surface area contributed by atoms with E-state index in [0.717, 1.165) is 17.1 Å². The molecule has 2 aromatic rings. The average molecular weight is 236 g/mol. The van der Waals surface area contributed by atoms with Gasteiger partial charge in [-0.1, -0.05) is 30.0 Å². The van der Waals surface area contributed by atoms with Crippen LogP contribution in [-0.4, -0.2) is 26.8 Å². The average Bonchev–Trinajstić information content (AvgIpc) is 2.25. The van der Waals surface area contributed by atoms with Crippen molar-refractivity contribution in [2.24, 2.45) is 0 Å². The van der Waals surface area contributed by atoms with Crippen LogP contribution in [0.25, 0.3) is 10.9 Å². The summed E-state index contributed by atoms with van der Waals surface area (Å²) >= 11 is 1.08. The van der Waals surface area contributed by atoms with Crippen LogP contribution in [0.3, 0.4) is 0 Å². The van der Waals surface area contributed by atoms with E-state index in [1.165, 1.54) is 0 Å². The van der Waals surface area contributed by atoms with Crippen LogP contribution in [0.1, 0.15) is 0 Å². The van der Waals surface area contributed by atoms with Crippen LogP contribution in [0.4, 0.5) is 0 Å². The lowest BCUT2D eigenvalue weighted by atomic mass is 10.2. The Morgan fingerprint density at radius 1 is 1.44 bits per heavy atom. The fraction of sp³-hybridized carbons (Fsp3) is 0.100. The highest BCUT2D eigenvalue weighted by molar-refractivity contribution is 8.00. The molecule has 5 nitrogen and oxygen atoms in total. The number of thioether (sulfide) groups is 1. The maximum atomic E-state index is 11.2. The predicted molar refractivity (Wildman–Crippen MR) is 60.7 cm³/mol. The number of carboxylic acid groups (broad SMARTS) is 1. The molecule has 0 saturated carbocycles. The molecule has 0 radical (unpaired) electrons. The second-order valence-electron chi connectivity index (χ2n) is 3.07. The number of aromatic nitrogens is 2. The summed E-state index contributed by atoms with van der Waals surface area (Å²) < 4.78 is 0. The maximum absolute atomic E-state index is 11.2. The Bertz CT molecular complexity index is 594. The minimum Gasteiger partial charge on any atom is -0.481 e. The molecule has 82 valence electrons. The molecular formula is C10H8N2O3S. The molecule has 0 unspecified atom stereocenters. The Morgan fingerprint density at radius 2 is 2.19 bits per heavy atom. The van der Waals surface area contributed by atoms with E-state index < -0.39 is 11.7 Å². The van der Waals surface area contributed by atoms with E-state index in [1.807, 2.05) is 6.07 Å². The largest absolute Gasteiger partial charge is 0.481 e. The number of carboxylic acids is 1. The smallest absolute Gasteiger partial charge is 0.346 e. The number of para-hydroxylation sites is 1. The van der Waals surface area contributed by atoms with Crippen molar-refractivity contribution >= 4 is 28.6 Å². The van der Waals surface area contributed by atoms with E-state index in [-0.39, 0.29) is 5.75 Å². The number of carbonyl (C=O) groups is 1. The maximum Gasteiger partial charge on any atom is 0.346 e. The van der Waals surface area contributed by atoms with E-state index in [4.69, 9.17) is 5.11 Å². The highest BCUT2D eigenvalue weighted by Crippen LogP contribution is 2.22. The van der Waals surface area contributed by atoms with Gasteiger partial charge in [0.25, 0.3) is 0 Å². The normalized spacial score (nSPS) is 10.5. The Balaban J connectivity index is 2.50. The van der Waals surface area contributed by atoms with Gasteiger partial charge < -0.3 is 5.11 Å². The monoisotopic (exact) mass is 236 g/mol. The summed E-state index contributed by atoms with van der Waals surface area (Å²) in [5, 5.41) is 9.89. The molecule has 0 atom stereocenters. The summed E-state index contributed by atoms with van der Waals surface area (Å²) in [7, 11) is 0. The number of aromatic amines is 1. The predicted octanol–water partition coefficient (Wildman–Crippen LogP) is 1.10. The van der Waals surface area contributed by atoms with Crippen molar-refractivity contribution in [2.75, 3.05) is 5.75 Å². The second kappa shape index (κ2) is 4.36. The first kappa shape index (κ1) is 10.7. The number of hydrogen-bond donors (Lipinski definition) is 2. The number of fused-ring (bicyclic) bond motifs is 1. The minimum atomic E-state index is -0.924. The van der Waals surface area contributed by atoms with Crippen molar-refractivity contribution in [3.8, 4) is 0 Å². The van der Waals surface area contributed by atoms with Crippen LogP contribution in [0.2, 0.25) is 0 Å². The van der Waals surface area contributed by atoms with Gasteiger partial charge in [0.2, 0.25) is 0 Å². The van der Waals surface area contributed by atoms with Gasteiger partial charge in [-0.15, -0.1) is 0 Å².